The lowest BCUT2D eigenvalue weighted by molar-refractivity contribution is -0.133. The third-order valence-electron chi connectivity index (χ3n) is 8.55. The number of aryl methyl sites for hydroxylation is 2. The molecule has 0 unspecified atom stereocenters. The van der Waals surface area contributed by atoms with E-state index in [9.17, 15) is 4.79 Å². The number of piperidine rings is 2. The monoisotopic (exact) mass is 676 g/mol. The number of carbonyl (C=O) groups is 1. The maximum absolute atomic E-state index is 13.3. The Balaban J connectivity index is 1.14. The zero-order valence-electron chi connectivity index (χ0n) is 21.2. The van der Waals surface area contributed by atoms with E-state index < -0.39 is 0 Å². The van der Waals surface area contributed by atoms with Crippen molar-refractivity contribution in [2.75, 3.05) is 31.1 Å². The van der Waals surface area contributed by atoms with Crippen LogP contribution in [0.5, 0.6) is 0 Å². The Kier molecular flexibility index (Phi) is 8.13. The quantitative estimate of drug-likeness (QED) is 0.287. The zero-order valence-corrected chi connectivity index (χ0v) is 26.0. The van der Waals surface area contributed by atoms with Gasteiger partial charge < -0.3 is 9.80 Å². The first-order chi connectivity index (χ1) is 18.5. The largest absolute Gasteiger partial charge is 0.348 e. The molecular weight excluding hydrogens is 648 g/mol. The first-order valence-corrected chi connectivity index (χ1v) is 16.3. The van der Waals surface area contributed by atoms with Crippen LogP contribution in [0.1, 0.15) is 60.4 Å². The lowest BCUT2D eigenvalue weighted by Gasteiger charge is -2.38. The molecule has 2 fully saturated rings. The summed E-state index contributed by atoms with van der Waals surface area (Å²) in [6.45, 7) is 3.64. The van der Waals surface area contributed by atoms with Crippen LogP contribution in [0.2, 0.25) is 5.02 Å². The summed E-state index contributed by atoms with van der Waals surface area (Å²) in [7, 11) is 0. The van der Waals surface area contributed by atoms with Gasteiger partial charge in [0.2, 0.25) is 5.91 Å². The molecular formula is C29H31Br2ClN4OS. The molecule has 0 N–H and O–H groups in total. The number of carbonyl (C=O) groups excluding carboxylic acids is 1. The molecule has 3 aliphatic rings. The van der Waals surface area contributed by atoms with Crippen LogP contribution in [-0.2, 0) is 17.6 Å². The highest BCUT2D eigenvalue weighted by Crippen LogP contribution is 2.46. The Morgan fingerprint density at radius 3 is 2.50 bits per heavy atom. The lowest BCUT2D eigenvalue weighted by Crippen LogP contribution is -2.42. The van der Waals surface area contributed by atoms with E-state index in [2.05, 4.69) is 58.8 Å². The predicted octanol–water partition coefficient (Wildman–Crippen LogP) is 7.49. The third-order valence-corrected chi connectivity index (χ3v) is 10.7. The molecule has 5 nitrogen and oxygen atoms in total. The lowest BCUT2D eigenvalue weighted by atomic mass is 9.76. The summed E-state index contributed by atoms with van der Waals surface area (Å²) in [5, 5.41) is 3.91. The molecule has 2 aliphatic heterocycles. The number of hydrogen-bond acceptors (Lipinski definition) is 5. The van der Waals surface area contributed by atoms with Gasteiger partial charge in [0.1, 0.15) is 0 Å². The van der Waals surface area contributed by atoms with Gasteiger partial charge in [-0.05, 0) is 101 Å². The van der Waals surface area contributed by atoms with Gasteiger partial charge in [-0.25, -0.2) is 4.98 Å². The average Bonchev–Trinajstić information content (AvgIpc) is 3.40. The zero-order chi connectivity index (χ0) is 26.2. The Morgan fingerprint density at radius 1 is 1.00 bits per heavy atom. The minimum absolute atomic E-state index is 0.203. The molecule has 9 heteroatoms. The van der Waals surface area contributed by atoms with Gasteiger partial charge >= 0.3 is 0 Å². The summed E-state index contributed by atoms with van der Waals surface area (Å²) < 4.78 is 2.10. The number of fused-ring (bicyclic) bond motifs is 2. The van der Waals surface area contributed by atoms with Crippen LogP contribution in [0.4, 0.5) is 5.13 Å². The van der Waals surface area contributed by atoms with Gasteiger partial charge in [-0.3, -0.25) is 9.78 Å². The molecule has 200 valence electrons. The number of benzene rings is 1. The van der Waals surface area contributed by atoms with E-state index in [0.29, 0.717) is 24.2 Å². The molecule has 4 heterocycles. The van der Waals surface area contributed by atoms with Crippen LogP contribution in [0.15, 0.2) is 44.9 Å². The fourth-order valence-electron chi connectivity index (χ4n) is 6.59. The van der Waals surface area contributed by atoms with E-state index in [0.717, 1.165) is 83.8 Å². The van der Waals surface area contributed by atoms with Crippen molar-refractivity contribution in [3.63, 3.8) is 0 Å². The Bertz CT molecular complexity index is 1300. The molecule has 0 saturated carbocycles. The second kappa shape index (κ2) is 11.6. The molecule has 2 saturated heterocycles. The fraction of sp³-hybridized carbons (Fsp3) is 0.483. The molecule has 1 aliphatic carbocycles. The third kappa shape index (κ3) is 5.56. The fourth-order valence-corrected chi connectivity index (χ4v) is 8.78. The van der Waals surface area contributed by atoms with Gasteiger partial charge in [-0.1, -0.05) is 27.5 Å². The minimum Gasteiger partial charge on any atom is -0.348 e. The minimum atomic E-state index is 0.203. The maximum Gasteiger partial charge on any atom is 0.222 e. The van der Waals surface area contributed by atoms with E-state index in [4.69, 9.17) is 16.6 Å². The Morgan fingerprint density at radius 2 is 1.76 bits per heavy atom. The molecule has 6 rings (SSSR count). The molecule has 3 aromatic rings. The summed E-state index contributed by atoms with van der Waals surface area (Å²) in [5.74, 6) is 1.44. The van der Waals surface area contributed by atoms with E-state index >= 15 is 0 Å². The van der Waals surface area contributed by atoms with Crippen molar-refractivity contribution in [1.29, 1.82) is 0 Å². The number of rotatable bonds is 4. The first-order valence-electron chi connectivity index (χ1n) is 13.5. The molecule has 2 aromatic heterocycles. The number of anilines is 1. The second-order valence-corrected chi connectivity index (χ2v) is 13.9. The topological polar surface area (TPSA) is 49.3 Å². The van der Waals surface area contributed by atoms with Gasteiger partial charge in [0.05, 0.1) is 5.69 Å². The van der Waals surface area contributed by atoms with E-state index in [-0.39, 0.29) is 5.92 Å². The molecule has 1 aromatic carbocycles. The maximum atomic E-state index is 13.3. The normalized spacial score (nSPS) is 20.7. The molecule has 0 spiro atoms. The Hall–Kier alpha value is -1.48. The highest BCUT2D eigenvalue weighted by molar-refractivity contribution is 9.10. The van der Waals surface area contributed by atoms with Gasteiger partial charge in [0, 0.05) is 70.3 Å². The second-order valence-electron chi connectivity index (χ2n) is 10.8. The van der Waals surface area contributed by atoms with Crippen molar-refractivity contribution in [2.45, 2.75) is 50.9 Å². The number of likely N-dealkylation sites (tertiary alicyclic amines) is 1. The van der Waals surface area contributed by atoms with Crippen molar-refractivity contribution in [1.82, 2.24) is 14.9 Å². The van der Waals surface area contributed by atoms with Crippen molar-refractivity contribution in [3.05, 3.63) is 72.3 Å². The number of hydrogen-bond donors (Lipinski definition) is 0. The van der Waals surface area contributed by atoms with E-state index in [1.54, 1.807) is 11.3 Å². The number of thiazole rings is 1. The van der Waals surface area contributed by atoms with E-state index in [1.165, 1.54) is 22.4 Å². The SMILES string of the molecule is O=C(CC1CCN(c2nccs2)CC1)N1CCC([C@H]2c3ncc(Br)cc3CCc3cc(Cl)cc(Br)c32)CC1. The van der Waals surface area contributed by atoms with Crippen LogP contribution in [0.3, 0.4) is 0 Å². The summed E-state index contributed by atoms with van der Waals surface area (Å²) in [6, 6.07) is 6.39. The molecule has 1 atom stereocenters. The molecule has 0 radical (unpaired) electrons. The van der Waals surface area contributed by atoms with E-state index in [1.807, 2.05) is 23.8 Å². The highest BCUT2D eigenvalue weighted by atomic mass is 79.9. The van der Waals surface area contributed by atoms with Gasteiger partial charge in [-0.2, -0.15) is 0 Å². The summed E-state index contributed by atoms with van der Waals surface area (Å²) in [6.07, 6.45) is 10.5. The van der Waals surface area contributed by atoms with Crippen LogP contribution < -0.4 is 4.90 Å². The average molecular weight is 679 g/mol. The number of pyridine rings is 1. The molecule has 38 heavy (non-hydrogen) atoms. The van der Waals surface area contributed by atoms with Crippen molar-refractivity contribution in [3.8, 4) is 0 Å². The molecule has 0 bridgehead atoms. The van der Waals surface area contributed by atoms with Crippen molar-refractivity contribution >= 4 is 65.8 Å². The predicted molar refractivity (Wildman–Crippen MR) is 161 cm³/mol. The number of nitrogens with zero attached hydrogens (tertiary/aromatic N) is 4. The number of aromatic nitrogens is 2. The Labute approximate surface area is 250 Å². The number of halogens is 3. The smallest absolute Gasteiger partial charge is 0.222 e. The number of amides is 1. The van der Waals surface area contributed by atoms with Crippen LogP contribution in [0, 0.1) is 11.8 Å². The summed E-state index contributed by atoms with van der Waals surface area (Å²) in [4.78, 5) is 27.2. The standard InChI is InChI=1S/C29H31Br2ClN4OS/c30-22-14-21-2-1-20-15-23(32)16-24(31)26(20)27(28(21)34-17-22)19-5-10-35(11-6-19)25(37)13-18-3-8-36(9-4-18)29-33-7-12-38-29/h7,12,14-19,27H,1-6,8-11,13H2/t27-/m1/s1. The van der Waals surface area contributed by atoms with Gasteiger partial charge in [-0.15, -0.1) is 11.3 Å². The van der Waals surface area contributed by atoms with Crippen molar-refractivity contribution < 1.29 is 4.79 Å². The van der Waals surface area contributed by atoms with Gasteiger partial charge in [0.15, 0.2) is 5.13 Å². The summed E-state index contributed by atoms with van der Waals surface area (Å²) >= 11 is 15.7. The first kappa shape index (κ1) is 26.7. The summed E-state index contributed by atoms with van der Waals surface area (Å²) in [5.41, 5.74) is 5.14. The van der Waals surface area contributed by atoms with Crippen LogP contribution >= 0.6 is 54.8 Å². The van der Waals surface area contributed by atoms with Crippen molar-refractivity contribution in [2.24, 2.45) is 11.8 Å². The van der Waals surface area contributed by atoms with Gasteiger partial charge in [0.25, 0.3) is 0 Å². The van der Waals surface area contributed by atoms with Crippen LogP contribution in [-0.4, -0.2) is 47.0 Å². The highest BCUT2D eigenvalue weighted by Gasteiger charge is 2.36. The van der Waals surface area contributed by atoms with Crippen LogP contribution in [0.25, 0.3) is 0 Å². The molecule has 1 amide bonds.